The fourth-order valence-corrected chi connectivity index (χ4v) is 6.61. The zero-order chi connectivity index (χ0) is 33.2. The summed E-state index contributed by atoms with van der Waals surface area (Å²) in [6, 6.07) is 21.8. The van der Waals surface area contributed by atoms with Crippen LogP contribution in [-0.4, -0.2) is 57.8 Å². The van der Waals surface area contributed by atoms with Crippen molar-refractivity contribution in [3.05, 3.63) is 90.5 Å². The van der Waals surface area contributed by atoms with Gasteiger partial charge in [0.25, 0.3) is 5.91 Å². The molecule has 2 unspecified atom stereocenters. The number of rotatable bonds is 15. The molecule has 0 saturated heterocycles. The number of carbonyl (C=O) groups excluding carboxylic acids is 1. The van der Waals surface area contributed by atoms with Gasteiger partial charge in [-0.25, -0.2) is 0 Å². The van der Waals surface area contributed by atoms with Crippen molar-refractivity contribution < 1.29 is 18.5 Å². The Kier molecular flexibility index (Phi) is 12.0. The lowest BCUT2D eigenvalue weighted by atomic mass is 10.00. The molecule has 0 bridgehead atoms. The van der Waals surface area contributed by atoms with Crippen molar-refractivity contribution in [3.63, 3.8) is 0 Å². The van der Waals surface area contributed by atoms with Gasteiger partial charge in [-0.15, -0.1) is 10.2 Å². The average molecular weight is 656 g/mol. The Labute approximate surface area is 280 Å². The molecule has 47 heavy (non-hydrogen) atoms. The lowest BCUT2D eigenvalue weighted by molar-refractivity contribution is -0.112. The molecule has 0 fully saturated rings. The average Bonchev–Trinajstić information content (AvgIpc) is 3.56. The number of hydrogen-bond donors (Lipinski definition) is 1. The Bertz CT molecular complexity index is 1650. The van der Waals surface area contributed by atoms with Crippen LogP contribution in [0.25, 0.3) is 17.2 Å². The lowest BCUT2D eigenvalue weighted by Crippen LogP contribution is -2.29. The topological polar surface area (TPSA) is 98.6 Å². The second kappa shape index (κ2) is 16.5. The van der Waals surface area contributed by atoms with Crippen molar-refractivity contribution in [1.29, 1.82) is 0 Å². The molecule has 10 heteroatoms. The number of unbranched alkanes of at least 4 members (excludes halogenated alkanes) is 1. The van der Waals surface area contributed by atoms with Gasteiger partial charge in [-0.05, 0) is 97.0 Å². The van der Waals surface area contributed by atoms with E-state index in [-0.39, 0.29) is 11.3 Å². The first-order valence-corrected chi connectivity index (χ1v) is 17.6. The SMILES string of the molecule is CCCCOCCOc1ccc(-c2ccc3c(c2)C=C(C(=O)Nc2ccc(S(=O)C(C)n4cnnc4)cc2)CCN3CC(C)C)cc1. The third-order valence-electron chi connectivity index (χ3n) is 8.06. The van der Waals surface area contributed by atoms with E-state index in [0.717, 1.165) is 60.7 Å². The number of carbonyl (C=O) groups is 1. The fourth-order valence-electron chi connectivity index (χ4n) is 5.48. The predicted molar refractivity (Wildman–Crippen MR) is 189 cm³/mol. The van der Waals surface area contributed by atoms with Crippen molar-refractivity contribution in [3.8, 4) is 16.9 Å². The van der Waals surface area contributed by atoms with Crippen molar-refractivity contribution >= 4 is 34.2 Å². The molecule has 9 nitrogen and oxygen atoms in total. The van der Waals surface area contributed by atoms with E-state index < -0.39 is 10.8 Å². The van der Waals surface area contributed by atoms with Crippen LogP contribution in [0.1, 0.15) is 57.9 Å². The Morgan fingerprint density at radius 3 is 2.36 bits per heavy atom. The largest absolute Gasteiger partial charge is 0.491 e. The highest BCUT2D eigenvalue weighted by Crippen LogP contribution is 2.34. The van der Waals surface area contributed by atoms with Gasteiger partial charge < -0.3 is 24.3 Å². The molecular weight excluding hydrogens is 611 g/mol. The van der Waals surface area contributed by atoms with E-state index in [1.807, 2.05) is 25.1 Å². The summed E-state index contributed by atoms with van der Waals surface area (Å²) in [5, 5.41) is 10.4. The van der Waals surface area contributed by atoms with Crippen LogP contribution in [0.15, 0.2) is 89.9 Å². The molecule has 248 valence electrons. The molecular formula is C37H45N5O4S. The van der Waals surface area contributed by atoms with Crippen LogP contribution in [-0.2, 0) is 20.3 Å². The van der Waals surface area contributed by atoms with Gasteiger partial charge in [0.1, 0.15) is 30.4 Å². The van der Waals surface area contributed by atoms with E-state index in [9.17, 15) is 9.00 Å². The number of benzene rings is 3. The summed E-state index contributed by atoms with van der Waals surface area (Å²) >= 11 is 0. The van der Waals surface area contributed by atoms with Crippen LogP contribution in [0.3, 0.4) is 0 Å². The third-order valence-corrected chi connectivity index (χ3v) is 9.66. The first-order valence-electron chi connectivity index (χ1n) is 16.4. The maximum Gasteiger partial charge on any atom is 0.251 e. The second-order valence-electron chi connectivity index (χ2n) is 12.2. The van der Waals surface area contributed by atoms with Crippen molar-refractivity contribution in [2.24, 2.45) is 5.92 Å². The summed E-state index contributed by atoms with van der Waals surface area (Å²) < 4.78 is 26.2. The lowest BCUT2D eigenvalue weighted by Gasteiger charge is -2.27. The van der Waals surface area contributed by atoms with E-state index in [4.69, 9.17) is 9.47 Å². The zero-order valence-electron chi connectivity index (χ0n) is 27.7. The molecule has 1 aromatic heterocycles. The summed E-state index contributed by atoms with van der Waals surface area (Å²) in [4.78, 5) is 16.6. The molecule has 4 aromatic rings. The van der Waals surface area contributed by atoms with E-state index in [1.165, 1.54) is 0 Å². The van der Waals surface area contributed by atoms with E-state index in [2.05, 4.69) is 71.5 Å². The van der Waals surface area contributed by atoms with Crippen LogP contribution < -0.4 is 15.0 Å². The Morgan fingerprint density at radius 1 is 0.936 bits per heavy atom. The molecule has 1 amide bonds. The Hall–Kier alpha value is -4.28. The molecule has 5 rings (SSSR count). The van der Waals surface area contributed by atoms with Gasteiger partial charge in [-0.2, -0.15) is 0 Å². The minimum atomic E-state index is -1.30. The summed E-state index contributed by atoms with van der Waals surface area (Å²) in [6.45, 7) is 12.0. The van der Waals surface area contributed by atoms with Gasteiger partial charge in [0.2, 0.25) is 0 Å². The van der Waals surface area contributed by atoms with Gasteiger partial charge in [-0.1, -0.05) is 45.4 Å². The Balaban J connectivity index is 1.30. The predicted octanol–water partition coefficient (Wildman–Crippen LogP) is 7.36. The highest BCUT2D eigenvalue weighted by Gasteiger charge is 2.21. The summed E-state index contributed by atoms with van der Waals surface area (Å²) in [5.74, 6) is 1.15. The smallest absolute Gasteiger partial charge is 0.251 e. The zero-order valence-corrected chi connectivity index (χ0v) is 28.5. The fraction of sp³-hybridized carbons (Fsp3) is 0.378. The minimum Gasteiger partial charge on any atom is -0.491 e. The minimum absolute atomic E-state index is 0.139. The van der Waals surface area contributed by atoms with Crippen molar-refractivity contribution in [1.82, 2.24) is 14.8 Å². The summed E-state index contributed by atoms with van der Waals surface area (Å²) in [7, 11) is -1.30. The molecule has 1 aliphatic rings. The molecule has 0 aliphatic carbocycles. The second-order valence-corrected chi connectivity index (χ2v) is 13.9. The maximum absolute atomic E-state index is 13.6. The first kappa shape index (κ1) is 34.1. The van der Waals surface area contributed by atoms with Gasteiger partial charge in [-0.3, -0.25) is 9.00 Å². The monoisotopic (exact) mass is 655 g/mol. The van der Waals surface area contributed by atoms with E-state index >= 15 is 0 Å². The van der Waals surface area contributed by atoms with Crippen molar-refractivity contribution in [2.45, 2.75) is 57.2 Å². The highest BCUT2D eigenvalue weighted by molar-refractivity contribution is 7.85. The number of aromatic nitrogens is 3. The van der Waals surface area contributed by atoms with Crippen LogP contribution in [0.4, 0.5) is 11.4 Å². The number of nitrogens with zero attached hydrogens (tertiary/aromatic N) is 4. The molecule has 2 atom stereocenters. The number of ether oxygens (including phenoxy) is 2. The Morgan fingerprint density at radius 2 is 1.66 bits per heavy atom. The molecule has 0 saturated carbocycles. The van der Waals surface area contributed by atoms with E-state index in [0.29, 0.717) is 41.7 Å². The highest BCUT2D eigenvalue weighted by atomic mass is 32.2. The quantitative estimate of drug-likeness (QED) is 0.134. The van der Waals surface area contributed by atoms with E-state index in [1.54, 1.807) is 41.5 Å². The van der Waals surface area contributed by atoms with Crippen LogP contribution in [0.5, 0.6) is 5.75 Å². The molecule has 0 radical (unpaired) electrons. The molecule has 2 heterocycles. The molecule has 1 N–H and O–H groups in total. The molecule has 3 aromatic carbocycles. The summed E-state index contributed by atoms with van der Waals surface area (Å²) in [5.41, 5.74) is 5.67. The molecule has 0 spiro atoms. The van der Waals surface area contributed by atoms with Gasteiger partial charge in [0, 0.05) is 41.5 Å². The first-order chi connectivity index (χ1) is 22.8. The van der Waals surface area contributed by atoms with Gasteiger partial charge in [0.05, 0.1) is 17.4 Å². The van der Waals surface area contributed by atoms with Crippen LogP contribution in [0, 0.1) is 5.92 Å². The number of hydrogen-bond acceptors (Lipinski definition) is 7. The number of anilines is 2. The van der Waals surface area contributed by atoms with Gasteiger partial charge in [0.15, 0.2) is 0 Å². The summed E-state index contributed by atoms with van der Waals surface area (Å²) in [6.07, 6.45) is 7.94. The maximum atomic E-state index is 13.6. The molecule has 1 aliphatic heterocycles. The number of fused-ring (bicyclic) bond motifs is 1. The van der Waals surface area contributed by atoms with Crippen molar-refractivity contribution in [2.75, 3.05) is 43.1 Å². The normalized spacial score (nSPS) is 14.2. The standard InChI is InChI=1S/C37H45N5O4S/c1-5-6-19-45-20-21-46-34-12-7-29(8-13-34)30-9-16-36-32(22-30)23-31(17-18-41(36)24-27(2)3)37(43)40-33-10-14-35(15-11-33)47(44)28(4)42-25-38-39-26-42/h7-16,22-23,25-28H,5-6,17-21,24H2,1-4H3,(H,40,43). The number of nitrogens with one attached hydrogen (secondary N) is 1. The van der Waals surface area contributed by atoms with Crippen LogP contribution in [0.2, 0.25) is 0 Å². The third kappa shape index (κ3) is 9.17. The van der Waals surface area contributed by atoms with Crippen LogP contribution >= 0.6 is 0 Å². The van der Waals surface area contributed by atoms with Gasteiger partial charge >= 0.3 is 0 Å². The number of amides is 1.